The summed E-state index contributed by atoms with van der Waals surface area (Å²) in [6.07, 6.45) is -0.620. The fraction of sp³-hybridized carbons (Fsp3) is 0.235. The SMILES string of the molecule is CC1OC(=O)N(C)C1c1ccc(-c2ccccc2)c(Cl)c1Cl. The molecule has 1 aliphatic heterocycles. The van der Waals surface area contributed by atoms with Gasteiger partial charge >= 0.3 is 6.09 Å². The molecule has 1 saturated heterocycles. The van der Waals surface area contributed by atoms with Gasteiger partial charge in [-0.2, -0.15) is 0 Å². The van der Waals surface area contributed by atoms with Crippen molar-refractivity contribution < 1.29 is 9.53 Å². The molecule has 1 aliphatic rings. The van der Waals surface area contributed by atoms with Crippen LogP contribution in [-0.2, 0) is 4.74 Å². The maximum atomic E-state index is 11.7. The van der Waals surface area contributed by atoms with Gasteiger partial charge in [0.1, 0.15) is 6.10 Å². The van der Waals surface area contributed by atoms with E-state index < -0.39 is 0 Å². The lowest BCUT2D eigenvalue weighted by atomic mass is 9.98. The molecule has 1 amide bonds. The summed E-state index contributed by atoms with van der Waals surface area (Å²) in [5, 5.41) is 0.954. The highest BCUT2D eigenvalue weighted by Gasteiger charge is 2.39. The van der Waals surface area contributed by atoms with E-state index in [1.54, 1.807) is 11.9 Å². The first kappa shape index (κ1) is 15.2. The first-order chi connectivity index (χ1) is 10.5. The van der Waals surface area contributed by atoms with Gasteiger partial charge in [-0.15, -0.1) is 0 Å². The number of benzene rings is 2. The number of hydrogen-bond acceptors (Lipinski definition) is 2. The van der Waals surface area contributed by atoms with Crippen LogP contribution in [0.15, 0.2) is 42.5 Å². The third-order valence-electron chi connectivity index (χ3n) is 3.95. The van der Waals surface area contributed by atoms with Crippen LogP contribution >= 0.6 is 23.2 Å². The zero-order valence-corrected chi connectivity index (χ0v) is 13.7. The number of carbonyl (C=O) groups is 1. The number of ether oxygens (including phenoxy) is 1. The molecule has 1 fully saturated rings. The number of nitrogens with zero attached hydrogens (tertiary/aromatic N) is 1. The van der Waals surface area contributed by atoms with E-state index in [2.05, 4.69) is 0 Å². The molecule has 2 aromatic rings. The van der Waals surface area contributed by atoms with E-state index in [0.29, 0.717) is 10.0 Å². The second-order valence-electron chi connectivity index (χ2n) is 5.34. The van der Waals surface area contributed by atoms with Crippen molar-refractivity contribution >= 4 is 29.3 Å². The minimum absolute atomic E-state index is 0.234. The molecule has 0 spiro atoms. The van der Waals surface area contributed by atoms with Gasteiger partial charge in [0.05, 0.1) is 16.1 Å². The molecule has 2 atom stereocenters. The number of hydrogen-bond donors (Lipinski definition) is 0. The third-order valence-corrected chi connectivity index (χ3v) is 4.85. The molecule has 0 N–H and O–H groups in total. The number of cyclic esters (lactones) is 1. The third kappa shape index (κ3) is 2.44. The van der Waals surface area contributed by atoms with Crippen molar-refractivity contribution in [2.75, 3.05) is 7.05 Å². The van der Waals surface area contributed by atoms with Gasteiger partial charge in [-0.25, -0.2) is 4.79 Å². The Morgan fingerprint density at radius 2 is 1.73 bits per heavy atom. The lowest BCUT2D eigenvalue weighted by Gasteiger charge is -2.22. The van der Waals surface area contributed by atoms with E-state index in [-0.39, 0.29) is 18.2 Å². The molecule has 0 saturated carbocycles. The molecule has 114 valence electrons. The van der Waals surface area contributed by atoms with Crippen LogP contribution in [-0.4, -0.2) is 24.1 Å². The predicted octanol–water partition coefficient (Wildman–Crippen LogP) is 5.17. The molecule has 2 unspecified atom stereocenters. The summed E-state index contributed by atoms with van der Waals surface area (Å²) in [6, 6.07) is 13.4. The van der Waals surface area contributed by atoms with Crippen LogP contribution in [0.4, 0.5) is 4.79 Å². The summed E-state index contributed by atoms with van der Waals surface area (Å²) in [7, 11) is 1.70. The van der Waals surface area contributed by atoms with E-state index >= 15 is 0 Å². The Labute approximate surface area is 139 Å². The zero-order valence-electron chi connectivity index (χ0n) is 12.2. The number of likely N-dealkylation sites (N-methyl/N-ethyl adjacent to an activating group) is 1. The van der Waals surface area contributed by atoms with Crippen molar-refractivity contribution in [3.63, 3.8) is 0 Å². The highest BCUT2D eigenvalue weighted by atomic mass is 35.5. The molecule has 3 nitrogen and oxygen atoms in total. The maximum absolute atomic E-state index is 11.7. The summed E-state index contributed by atoms with van der Waals surface area (Å²) in [4.78, 5) is 13.2. The van der Waals surface area contributed by atoms with Crippen molar-refractivity contribution in [1.29, 1.82) is 0 Å². The topological polar surface area (TPSA) is 29.5 Å². The molecule has 0 aliphatic carbocycles. The Balaban J connectivity index is 2.06. The Morgan fingerprint density at radius 3 is 2.32 bits per heavy atom. The highest BCUT2D eigenvalue weighted by molar-refractivity contribution is 6.44. The minimum atomic E-state index is -0.350. The fourth-order valence-corrected chi connectivity index (χ4v) is 3.39. The first-order valence-electron chi connectivity index (χ1n) is 6.97. The van der Waals surface area contributed by atoms with Crippen molar-refractivity contribution in [2.24, 2.45) is 0 Å². The normalized spacial score (nSPS) is 21.1. The number of amides is 1. The number of halogens is 2. The summed E-state index contributed by atoms with van der Waals surface area (Å²) in [6.45, 7) is 1.85. The Morgan fingerprint density at radius 1 is 1.05 bits per heavy atom. The molecule has 22 heavy (non-hydrogen) atoms. The lowest BCUT2D eigenvalue weighted by molar-refractivity contribution is 0.138. The second kappa shape index (κ2) is 5.82. The van der Waals surface area contributed by atoms with Crippen LogP contribution in [0.5, 0.6) is 0 Å². The molecule has 0 radical (unpaired) electrons. The van der Waals surface area contributed by atoms with E-state index in [4.69, 9.17) is 27.9 Å². The van der Waals surface area contributed by atoms with E-state index in [0.717, 1.165) is 16.7 Å². The summed E-state index contributed by atoms with van der Waals surface area (Å²) >= 11 is 12.9. The Hall–Kier alpha value is -1.71. The van der Waals surface area contributed by atoms with Gasteiger partial charge in [-0.3, -0.25) is 0 Å². The molecule has 1 heterocycles. The lowest BCUT2D eigenvalue weighted by Crippen LogP contribution is -2.24. The van der Waals surface area contributed by atoms with Crippen LogP contribution in [0.25, 0.3) is 11.1 Å². The van der Waals surface area contributed by atoms with Crippen LogP contribution in [0.1, 0.15) is 18.5 Å². The number of carbonyl (C=O) groups excluding carboxylic acids is 1. The Kier molecular flexibility index (Phi) is 4.02. The summed E-state index contributed by atoms with van der Waals surface area (Å²) in [5.74, 6) is 0. The van der Waals surface area contributed by atoms with Crippen molar-refractivity contribution in [3.8, 4) is 11.1 Å². The molecule has 2 aromatic carbocycles. The van der Waals surface area contributed by atoms with Gasteiger partial charge < -0.3 is 9.64 Å². The summed E-state index contributed by atoms with van der Waals surface area (Å²) < 4.78 is 5.24. The second-order valence-corrected chi connectivity index (χ2v) is 6.10. The minimum Gasteiger partial charge on any atom is -0.444 e. The molecule has 0 bridgehead atoms. The van der Waals surface area contributed by atoms with Crippen molar-refractivity contribution in [3.05, 3.63) is 58.1 Å². The highest BCUT2D eigenvalue weighted by Crippen LogP contribution is 2.42. The van der Waals surface area contributed by atoms with Gasteiger partial charge in [0.25, 0.3) is 0 Å². The predicted molar refractivity (Wildman–Crippen MR) is 88.3 cm³/mol. The molecule has 3 rings (SSSR count). The average molecular weight is 336 g/mol. The van der Waals surface area contributed by atoms with Gasteiger partial charge in [0.15, 0.2) is 0 Å². The van der Waals surface area contributed by atoms with Gasteiger partial charge in [0.2, 0.25) is 0 Å². The quantitative estimate of drug-likeness (QED) is 0.757. The fourth-order valence-electron chi connectivity index (χ4n) is 2.83. The smallest absolute Gasteiger partial charge is 0.410 e. The van der Waals surface area contributed by atoms with Gasteiger partial charge in [-0.1, -0.05) is 65.7 Å². The zero-order chi connectivity index (χ0) is 15.9. The van der Waals surface area contributed by atoms with Gasteiger partial charge in [-0.05, 0) is 18.1 Å². The standard InChI is InChI=1S/C17H15Cl2NO2/c1-10-16(20(2)17(21)22-10)13-9-8-12(14(18)15(13)19)11-6-4-3-5-7-11/h3-10,16H,1-2H3. The van der Waals surface area contributed by atoms with E-state index in [1.165, 1.54) is 0 Å². The average Bonchev–Trinajstić information content (AvgIpc) is 2.76. The molecular weight excluding hydrogens is 321 g/mol. The van der Waals surface area contributed by atoms with Crippen LogP contribution in [0, 0.1) is 0 Å². The van der Waals surface area contributed by atoms with Crippen LogP contribution in [0.3, 0.4) is 0 Å². The van der Waals surface area contributed by atoms with Gasteiger partial charge in [0, 0.05) is 12.6 Å². The van der Waals surface area contributed by atoms with Crippen LogP contribution in [0.2, 0.25) is 10.0 Å². The van der Waals surface area contributed by atoms with E-state index in [9.17, 15) is 4.79 Å². The molecule has 0 aromatic heterocycles. The first-order valence-corrected chi connectivity index (χ1v) is 7.73. The molecular formula is C17H15Cl2NO2. The molecule has 5 heteroatoms. The van der Waals surface area contributed by atoms with E-state index in [1.807, 2.05) is 49.4 Å². The van der Waals surface area contributed by atoms with Crippen LogP contribution < -0.4 is 0 Å². The maximum Gasteiger partial charge on any atom is 0.410 e. The largest absolute Gasteiger partial charge is 0.444 e. The monoisotopic (exact) mass is 335 g/mol. The van der Waals surface area contributed by atoms with Crippen molar-refractivity contribution in [2.45, 2.75) is 19.1 Å². The van der Waals surface area contributed by atoms with Crippen molar-refractivity contribution in [1.82, 2.24) is 4.90 Å². The number of rotatable bonds is 2. The summed E-state index contributed by atoms with van der Waals surface area (Å²) in [5.41, 5.74) is 2.67. The Bertz CT molecular complexity index is 718.